The number of benzene rings is 1. The van der Waals surface area contributed by atoms with Gasteiger partial charge >= 0.3 is 0 Å². The summed E-state index contributed by atoms with van der Waals surface area (Å²) in [4.78, 5) is 10.8. The summed E-state index contributed by atoms with van der Waals surface area (Å²) in [5, 5.41) is 0.183. The molecule has 0 unspecified atom stereocenters. The summed E-state index contributed by atoms with van der Waals surface area (Å²) in [7, 11) is -3.65. The number of sulfonamides is 1. The van der Waals surface area contributed by atoms with E-state index in [-0.39, 0.29) is 22.0 Å². The second-order valence-corrected chi connectivity index (χ2v) is 5.53. The van der Waals surface area contributed by atoms with Gasteiger partial charge in [-0.2, -0.15) is 0 Å². The van der Waals surface area contributed by atoms with Crippen molar-refractivity contribution in [1.29, 1.82) is 0 Å². The van der Waals surface area contributed by atoms with Crippen LogP contribution in [-0.4, -0.2) is 20.9 Å². The van der Waals surface area contributed by atoms with Crippen LogP contribution in [0.2, 0.25) is 0 Å². The van der Waals surface area contributed by atoms with E-state index in [1.807, 2.05) is 0 Å². The van der Waals surface area contributed by atoms with E-state index < -0.39 is 15.9 Å². The number of halogens is 1. The van der Waals surface area contributed by atoms with E-state index in [1.54, 1.807) is 0 Å². The Bertz CT molecular complexity index is 537. The standard InChI is InChI=1S/C10H11ClN2O3S/c1-7(11)6-13-17(15,16)9-4-2-8(3-5-9)10(12)14/h2-5,13H,1,6H2,(H2,12,14). The van der Waals surface area contributed by atoms with Crippen LogP contribution in [0, 0.1) is 0 Å². The molecule has 5 nitrogen and oxygen atoms in total. The fourth-order valence-corrected chi connectivity index (χ4v) is 2.23. The minimum Gasteiger partial charge on any atom is -0.366 e. The first-order valence-corrected chi connectivity index (χ1v) is 6.42. The van der Waals surface area contributed by atoms with Gasteiger partial charge in [-0.15, -0.1) is 0 Å². The van der Waals surface area contributed by atoms with Crippen molar-refractivity contribution in [1.82, 2.24) is 4.72 Å². The smallest absolute Gasteiger partial charge is 0.248 e. The van der Waals surface area contributed by atoms with Crippen molar-refractivity contribution in [3.8, 4) is 0 Å². The van der Waals surface area contributed by atoms with Gasteiger partial charge in [0.05, 0.1) is 4.90 Å². The number of hydrogen-bond donors (Lipinski definition) is 2. The largest absolute Gasteiger partial charge is 0.366 e. The average molecular weight is 275 g/mol. The number of nitrogens with two attached hydrogens (primary N) is 1. The van der Waals surface area contributed by atoms with Crippen LogP contribution in [0.25, 0.3) is 0 Å². The van der Waals surface area contributed by atoms with Gasteiger partial charge in [0.15, 0.2) is 0 Å². The van der Waals surface area contributed by atoms with Gasteiger partial charge < -0.3 is 5.73 Å². The van der Waals surface area contributed by atoms with Crippen LogP contribution < -0.4 is 10.5 Å². The normalized spacial score (nSPS) is 11.1. The molecule has 0 heterocycles. The maximum atomic E-state index is 11.7. The topological polar surface area (TPSA) is 89.3 Å². The Kier molecular flexibility index (Phi) is 4.28. The van der Waals surface area contributed by atoms with Crippen molar-refractivity contribution in [2.45, 2.75) is 4.90 Å². The monoisotopic (exact) mass is 274 g/mol. The van der Waals surface area contributed by atoms with Crippen LogP contribution in [0.4, 0.5) is 0 Å². The van der Waals surface area contributed by atoms with Crippen LogP contribution >= 0.6 is 11.6 Å². The molecule has 0 aliphatic carbocycles. The SMILES string of the molecule is C=C(Cl)CNS(=O)(=O)c1ccc(C(N)=O)cc1. The van der Waals surface area contributed by atoms with Crippen LogP contribution in [0.15, 0.2) is 40.8 Å². The van der Waals surface area contributed by atoms with Gasteiger partial charge in [-0.3, -0.25) is 4.79 Å². The Morgan fingerprint density at radius 2 is 1.88 bits per heavy atom. The van der Waals surface area contributed by atoms with Crippen LogP contribution in [0.1, 0.15) is 10.4 Å². The van der Waals surface area contributed by atoms with Gasteiger partial charge in [-0.05, 0) is 24.3 Å². The molecule has 3 N–H and O–H groups in total. The Morgan fingerprint density at radius 3 is 2.29 bits per heavy atom. The lowest BCUT2D eigenvalue weighted by molar-refractivity contribution is 0.1000. The zero-order chi connectivity index (χ0) is 13.1. The molecule has 17 heavy (non-hydrogen) atoms. The van der Waals surface area contributed by atoms with Gasteiger partial charge in [0, 0.05) is 17.1 Å². The van der Waals surface area contributed by atoms with Crippen LogP contribution in [0.5, 0.6) is 0 Å². The van der Waals surface area contributed by atoms with Crippen molar-refractivity contribution < 1.29 is 13.2 Å². The minimum atomic E-state index is -3.65. The quantitative estimate of drug-likeness (QED) is 0.833. The Labute approximate surface area is 104 Å². The molecule has 0 saturated heterocycles. The molecule has 0 atom stereocenters. The first-order valence-electron chi connectivity index (χ1n) is 4.56. The van der Waals surface area contributed by atoms with Crippen molar-refractivity contribution in [2.75, 3.05) is 6.54 Å². The molecular formula is C10H11ClN2O3S. The lowest BCUT2D eigenvalue weighted by Gasteiger charge is -2.05. The average Bonchev–Trinajstić information content (AvgIpc) is 2.27. The highest BCUT2D eigenvalue weighted by Gasteiger charge is 2.13. The Balaban J connectivity index is 2.92. The van der Waals surface area contributed by atoms with E-state index in [2.05, 4.69) is 11.3 Å². The minimum absolute atomic E-state index is 0.0282. The second kappa shape index (κ2) is 5.31. The second-order valence-electron chi connectivity index (χ2n) is 3.23. The van der Waals surface area contributed by atoms with Crippen molar-refractivity contribution >= 4 is 27.5 Å². The van der Waals surface area contributed by atoms with Gasteiger partial charge in [-0.25, -0.2) is 13.1 Å². The number of amides is 1. The van der Waals surface area contributed by atoms with Crippen molar-refractivity contribution in [3.63, 3.8) is 0 Å². The van der Waals surface area contributed by atoms with E-state index in [0.717, 1.165) is 0 Å². The first kappa shape index (κ1) is 13.7. The molecule has 0 bridgehead atoms. The first-order chi connectivity index (χ1) is 7.83. The fourth-order valence-electron chi connectivity index (χ4n) is 1.06. The van der Waals surface area contributed by atoms with E-state index in [9.17, 15) is 13.2 Å². The summed E-state index contributed by atoms with van der Waals surface area (Å²) in [6.07, 6.45) is 0. The molecule has 0 radical (unpaired) electrons. The molecule has 0 aliphatic heterocycles. The molecule has 1 amide bonds. The number of hydrogen-bond acceptors (Lipinski definition) is 3. The van der Waals surface area contributed by atoms with E-state index >= 15 is 0 Å². The summed E-state index contributed by atoms with van der Waals surface area (Å²) in [6.45, 7) is 3.31. The maximum absolute atomic E-state index is 11.7. The predicted molar refractivity (Wildman–Crippen MR) is 65.1 cm³/mol. The van der Waals surface area contributed by atoms with Gasteiger partial charge in [-0.1, -0.05) is 18.2 Å². The molecule has 0 spiro atoms. The lowest BCUT2D eigenvalue weighted by atomic mass is 10.2. The molecule has 0 fully saturated rings. The third-order valence-corrected chi connectivity index (χ3v) is 3.45. The molecule has 1 aromatic carbocycles. The van der Waals surface area contributed by atoms with E-state index in [4.69, 9.17) is 17.3 Å². The Hall–Kier alpha value is -1.37. The van der Waals surface area contributed by atoms with Crippen molar-refractivity contribution in [3.05, 3.63) is 41.4 Å². The van der Waals surface area contributed by atoms with E-state index in [0.29, 0.717) is 0 Å². The predicted octanol–water partition coefficient (Wildman–Crippen LogP) is 0.816. The molecule has 0 aliphatic rings. The Morgan fingerprint density at radius 1 is 1.35 bits per heavy atom. The maximum Gasteiger partial charge on any atom is 0.248 e. The lowest BCUT2D eigenvalue weighted by Crippen LogP contribution is -2.25. The summed E-state index contributed by atoms with van der Waals surface area (Å²) < 4.78 is 25.6. The summed E-state index contributed by atoms with van der Waals surface area (Å²) in [6, 6.07) is 5.26. The molecule has 0 saturated carbocycles. The van der Waals surface area contributed by atoms with Gasteiger partial charge in [0.2, 0.25) is 15.9 Å². The summed E-state index contributed by atoms with van der Waals surface area (Å²) in [5.74, 6) is -0.615. The summed E-state index contributed by atoms with van der Waals surface area (Å²) >= 11 is 5.46. The fraction of sp³-hybridized carbons (Fsp3) is 0.100. The van der Waals surface area contributed by atoms with E-state index in [1.165, 1.54) is 24.3 Å². The number of nitrogens with one attached hydrogen (secondary N) is 1. The van der Waals surface area contributed by atoms with Gasteiger partial charge in [0.25, 0.3) is 0 Å². The number of carbonyl (C=O) groups excluding carboxylic acids is 1. The molecular weight excluding hydrogens is 264 g/mol. The van der Waals surface area contributed by atoms with Crippen LogP contribution in [-0.2, 0) is 10.0 Å². The number of carbonyl (C=O) groups is 1. The number of rotatable bonds is 5. The molecule has 7 heteroatoms. The highest BCUT2D eigenvalue weighted by atomic mass is 35.5. The molecule has 92 valence electrons. The third kappa shape index (κ3) is 3.85. The molecule has 1 rings (SSSR count). The molecule has 1 aromatic rings. The zero-order valence-electron chi connectivity index (χ0n) is 8.81. The van der Waals surface area contributed by atoms with Gasteiger partial charge in [0.1, 0.15) is 0 Å². The third-order valence-electron chi connectivity index (χ3n) is 1.90. The number of primary amides is 1. The molecule has 0 aromatic heterocycles. The van der Waals surface area contributed by atoms with Crippen LogP contribution in [0.3, 0.4) is 0 Å². The highest BCUT2D eigenvalue weighted by Crippen LogP contribution is 2.10. The summed E-state index contributed by atoms with van der Waals surface area (Å²) in [5.41, 5.74) is 5.28. The van der Waals surface area contributed by atoms with Crippen molar-refractivity contribution in [2.24, 2.45) is 5.73 Å². The zero-order valence-corrected chi connectivity index (χ0v) is 10.4. The highest BCUT2D eigenvalue weighted by molar-refractivity contribution is 7.89.